The summed E-state index contributed by atoms with van der Waals surface area (Å²) >= 11 is 0. The molecule has 0 unspecified atom stereocenters. The largest absolute Gasteiger partial charge is 0.462 e. The summed E-state index contributed by atoms with van der Waals surface area (Å²) < 4.78 is 7.57. The van der Waals surface area contributed by atoms with Gasteiger partial charge in [0.05, 0.1) is 6.61 Å². The van der Waals surface area contributed by atoms with Crippen molar-refractivity contribution < 1.29 is 14.1 Å². The van der Waals surface area contributed by atoms with Crippen molar-refractivity contribution in [2.45, 2.75) is 32.7 Å². The van der Waals surface area contributed by atoms with E-state index in [4.69, 9.17) is 4.74 Å². The van der Waals surface area contributed by atoms with Gasteiger partial charge in [-0.05, 0) is 37.3 Å². The maximum atomic E-state index is 12.7. The van der Waals surface area contributed by atoms with Gasteiger partial charge in [-0.2, -0.15) is 0 Å². The molecule has 0 amide bonds. The molecular weight excluding hydrogens is 334 g/mol. The van der Waals surface area contributed by atoms with Crippen molar-refractivity contribution in [3.05, 3.63) is 90.3 Å². The summed E-state index contributed by atoms with van der Waals surface area (Å²) in [7, 11) is 0. The van der Waals surface area contributed by atoms with Crippen LogP contribution in [-0.2, 0) is 17.7 Å². The van der Waals surface area contributed by atoms with Crippen LogP contribution in [0, 0.1) is 0 Å². The van der Waals surface area contributed by atoms with Gasteiger partial charge in [0, 0.05) is 11.6 Å². The summed E-state index contributed by atoms with van der Waals surface area (Å²) in [6, 6.07) is 22.4. The van der Waals surface area contributed by atoms with Gasteiger partial charge >= 0.3 is 5.97 Å². The van der Waals surface area contributed by atoms with Crippen molar-refractivity contribution in [2.75, 3.05) is 6.61 Å². The zero-order chi connectivity index (χ0) is 18.9. The van der Waals surface area contributed by atoms with Gasteiger partial charge in [0.1, 0.15) is 12.1 Å². The third-order valence-electron chi connectivity index (χ3n) is 4.62. The Balaban J connectivity index is 1.61. The summed E-state index contributed by atoms with van der Waals surface area (Å²) in [6.45, 7) is 3.31. The summed E-state index contributed by atoms with van der Waals surface area (Å²) in [6.07, 6.45) is 6.76. The second-order valence-electron chi connectivity index (χ2n) is 6.55. The van der Waals surface area contributed by atoms with Crippen LogP contribution in [0.4, 0.5) is 0 Å². The number of rotatable bonds is 8. The number of carbonyl (C=O) groups is 1. The zero-order valence-electron chi connectivity index (χ0n) is 15.8. The smallest absolute Gasteiger partial charge is 0.344 e. The van der Waals surface area contributed by atoms with Crippen LogP contribution in [-0.4, -0.2) is 12.6 Å². The maximum absolute atomic E-state index is 12.7. The van der Waals surface area contributed by atoms with Crippen molar-refractivity contribution in [3.8, 4) is 11.1 Å². The number of ether oxygens (including phenoxy) is 1. The Kier molecular flexibility index (Phi) is 6.75. The molecule has 0 radical (unpaired) electrons. The molecule has 3 rings (SSSR count). The van der Waals surface area contributed by atoms with E-state index < -0.39 is 0 Å². The Morgan fingerprint density at radius 3 is 2.33 bits per heavy atom. The molecule has 2 aromatic carbocycles. The van der Waals surface area contributed by atoms with Crippen molar-refractivity contribution in [2.24, 2.45) is 0 Å². The average molecular weight is 360 g/mol. The number of pyridine rings is 1. The molecule has 0 spiro atoms. The van der Waals surface area contributed by atoms with Crippen LogP contribution < -0.4 is 4.57 Å². The van der Waals surface area contributed by atoms with E-state index in [2.05, 4.69) is 31.2 Å². The Morgan fingerprint density at radius 2 is 1.63 bits per heavy atom. The average Bonchev–Trinajstić information content (AvgIpc) is 2.74. The van der Waals surface area contributed by atoms with Crippen molar-refractivity contribution in [3.63, 3.8) is 0 Å². The molecular formula is C24H26NO2+. The Labute approximate surface area is 161 Å². The van der Waals surface area contributed by atoms with Gasteiger partial charge in [-0.1, -0.05) is 60.7 Å². The summed E-state index contributed by atoms with van der Waals surface area (Å²) in [5.74, 6) is -0.253. The van der Waals surface area contributed by atoms with E-state index in [-0.39, 0.29) is 5.97 Å². The van der Waals surface area contributed by atoms with E-state index >= 15 is 0 Å². The van der Waals surface area contributed by atoms with E-state index in [0.29, 0.717) is 12.2 Å². The predicted octanol–water partition coefficient (Wildman–Crippen LogP) is 4.84. The van der Waals surface area contributed by atoms with E-state index in [1.54, 1.807) is 0 Å². The molecule has 0 atom stereocenters. The highest BCUT2D eigenvalue weighted by Gasteiger charge is 2.18. The monoisotopic (exact) mass is 360 g/mol. The third kappa shape index (κ3) is 5.27. The number of aryl methyl sites for hydroxylation is 2. The number of nitrogens with zero attached hydrogens (tertiary/aromatic N) is 1. The highest BCUT2D eigenvalue weighted by Crippen LogP contribution is 2.23. The molecule has 1 heterocycles. The standard InChI is InChI=1S/C24H26NO2/c1-2-25-17-16-22(21-14-7-4-8-15-21)23(19-25)24(26)27-18-10-9-13-20-11-5-3-6-12-20/h3-8,11-12,14-17,19H,2,9-10,13,18H2,1H3/q+1. The first-order valence-electron chi connectivity index (χ1n) is 9.57. The van der Waals surface area contributed by atoms with Crippen LogP contribution in [0.5, 0.6) is 0 Å². The molecule has 0 saturated carbocycles. The lowest BCUT2D eigenvalue weighted by Crippen LogP contribution is -2.32. The van der Waals surface area contributed by atoms with Crippen molar-refractivity contribution in [1.29, 1.82) is 0 Å². The van der Waals surface area contributed by atoms with Gasteiger partial charge < -0.3 is 4.74 Å². The Hall–Kier alpha value is -2.94. The molecule has 0 saturated heterocycles. The van der Waals surface area contributed by atoms with Crippen LogP contribution in [0.25, 0.3) is 11.1 Å². The summed E-state index contributed by atoms with van der Waals surface area (Å²) in [4.78, 5) is 12.7. The first-order valence-corrected chi connectivity index (χ1v) is 9.57. The van der Waals surface area contributed by atoms with Crippen LogP contribution in [0.3, 0.4) is 0 Å². The van der Waals surface area contributed by atoms with Gasteiger partial charge in [0.15, 0.2) is 12.4 Å². The molecule has 0 fully saturated rings. The molecule has 3 aromatic rings. The molecule has 3 heteroatoms. The van der Waals surface area contributed by atoms with Gasteiger partial charge in [0.2, 0.25) is 0 Å². The van der Waals surface area contributed by atoms with Gasteiger partial charge in [-0.15, -0.1) is 0 Å². The van der Waals surface area contributed by atoms with Crippen LogP contribution in [0.15, 0.2) is 79.1 Å². The fraction of sp³-hybridized carbons (Fsp3) is 0.250. The van der Waals surface area contributed by atoms with Crippen LogP contribution >= 0.6 is 0 Å². The predicted molar refractivity (Wildman–Crippen MR) is 107 cm³/mol. The van der Waals surface area contributed by atoms with Crippen molar-refractivity contribution >= 4 is 5.97 Å². The normalized spacial score (nSPS) is 10.6. The molecule has 27 heavy (non-hydrogen) atoms. The summed E-state index contributed by atoms with van der Waals surface area (Å²) in [5.41, 5.74) is 3.88. The Bertz CT molecular complexity index is 860. The molecule has 3 nitrogen and oxygen atoms in total. The van der Waals surface area contributed by atoms with Crippen molar-refractivity contribution in [1.82, 2.24) is 0 Å². The molecule has 0 bridgehead atoms. The number of hydrogen-bond acceptors (Lipinski definition) is 2. The lowest BCUT2D eigenvalue weighted by atomic mass is 10.0. The van der Waals surface area contributed by atoms with E-state index in [1.165, 1.54) is 5.56 Å². The minimum absolute atomic E-state index is 0.253. The summed E-state index contributed by atoms with van der Waals surface area (Å²) in [5, 5.41) is 0. The number of unbranched alkanes of at least 4 members (excludes halogenated alkanes) is 1. The molecule has 0 aliphatic carbocycles. The Morgan fingerprint density at radius 1 is 0.926 bits per heavy atom. The topological polar surface area (TPSA) is 30.2 Å². The van der Waals surface area contributed by atoms with Gasteiger partial charge in [0.25, 0.3) is 0 Å². The fourth-order valence-corrected chi connectivity index (χ4v) is 3.09. The van der Waals surface area contributed by atoms with Gasteiger partial charge in [-0.25, -0.2) is 9.36 Å². The first kappa shape index (κ1) is 18.8. The van der Waals surface area contributed by atoms with Crippen LogP contribution in [0.1, 0.15) is 35.7 Å². The highest BCUT2D eigenvalue weighted by molar-refractivity contribution is 5.96. The number of aromatic nitrogens is 1. The lowest BCUT2D eigenvalue weighted by Gasteiger charge is -2.09. The molecule has 0 aliphatic heterocycles. The molecule has 1 aromatic heterocycles. The van der Waals surface area contributed by atoms with Crippen LogP contribution in [0.2, 0.25) is 0 Å². The van der Waals surface area contributed by atoms with E-state index in [0.717, 1.165) is 36.9 Å². The van der Waals surface area contributed by atoms with E-state index in [1.807, 2.05) is 59.4 Å². The zero-order valence-corrected chi connectivity index (χ0v) is 15.8. The molecule has 138 valence electrons. The second-order valence-corrected chi connectivity index (χ2v) is 6.55. The minimum Gasteiger partial charge on any atom is -0.462 e. The minimum atomic E-state index is -0.253. The lowest BCUT2D eigenvalue weighted by molar-refractivity contribution is -0.693. The molecule has 0 N–H and O–H groups in total. The first-order chi connectivity index (χ1) is 13.3. The van der Waals surface area contributed by atoms with E-state index in [9.17, 15) is 4.79 Å². The number of esters is 1. The number of hydrogen-bond donors (Lipinski definition) is 0. The third-order valence-corrected chi connectivity index (χ3v) is 4.62. The number of benzene rings is 2. The number of carbonyl (C=O) groups excluding carboxylic acids is 1. The highest BCUT2D eigenvalue weighted by atomic mass is 16.5. The molecule has 0 aliphatic rings. The SMILES string of the molecule is CC[n+]1ccc(-c2ccccc2)c(C(=O)OCCCCc2ccccc2)c1. The second kappa shape index (κ2) is 9.67. The maximum Gasteiger partial charge on any atom is 0.344 e. The van der Waals surface area contributed by atoms with Gasteiger partial charge in [-0.3, -0.25) is 0 Å². The fourth-order valence-electron chi connectivity index (χ4n) is 3.09. The quantitative estimate of drug-likeness (QED) is 0.327.